The van der Waals surface area contributed by atoms with Crippen molar-refractivity contribution in [1.29, 1.82) is 0 Å². The van der Waals surface area contributed by atoms with E-state index in [0.29, 0.717) is 72.4 Å². The molecule has 1 aromatic carbocycles. The molecule has 0 N–H and O–H groups in total. The van der Waals surface area contributed by atoms with Crippen LogP contribution in [0.3, 0.4) is 0 Å². The number of aromatic nitrogens is 1. The summed E-state index contributed by atoms with van der Waals surface area (Å²) >= 11 is 0. The number of fused-ring (bicyclic) bond motifs is 4. The van der Waals surface area contributed by atoms with Crippen LogP contribution in [0.4, 0.5) is 10.1 Å². The fourth-order valence-corrected chi connectivity index (χ4v) is 6.61. The molecule has 1 aromatic heterocycles. The minimum atomic E-state index is -0.449. The predicted octanol–water partition coefficient (Wildman–Crippen LogP) is 5.09. The molecule has 40 heavy (non-hydrogen) atoms. The van der Waals surface area contributed by atoms with Gasteiger partial charge in [0, 0.05) is 43.7 Å². The largest absolute Gasteiger partial charge is 0.380 e. The number of aldehydes is 1. The fourth-order valence-electron chi connectivity index (χ4n) is 6.61. The van der Waals surface area contributed by atoms with Gasteiger partial charge in [-0.1, -0.05) is 20.3 Å². The van der Waals surface area contributed by atoms with Gasteiger partial charge in [0.25, 0.3) is 5.56 Å². The summed E-state index contributed by atoms with van der Waals surface area (Å²) in [6.07, 6.45) is 5.54. The van der Waals surface area contributed by atoms with E-state index in [9.17, 15) is 14.4 Å². The maximum absolute atomic E-state index is 15.2. The summed E-state index contributed by atoms with van der Waals surface area (Å²) in [5.74, 6) is -0.658. The van der Waals surface area contributed by atoms with Crippen LogP contribution < -0.4 is 5.56 Å². The van der Waals surface area contributed by atoms with Crippen LogP contribution in [0, 0.1) is 12.7 Å². The van der Waals surface area contributed by atoms with E-state index in [0.717, 1.165) is 41.4 Å². The fraction of sp³-hybridized carbons (Fsp3) is 0.500. The summed E-state index contributed by atoms with van der Waals surface area (Å²) in [7, 11) is 3.40. The number of halogens is 1. The molecule has 212 valence electrons. The molecule has 0 saturated carbocycles. The van der Waals surface area contributed by atoms with Gasteiger partial charge in [0.05, 0.1) is 36.3 Å². The van der Waals surface area contributed by atoms with Crippen molar-refractivity contribution in [2.45, 2.75) is 90.8 Å². The Hall–Kier alpha value is -3.39. The van der Waals surface area contributed by atoms with E-state index >= 15 is 4.39 Å². The van der Waals surface area contributed by atoms with Gasteiger partial charge < -0.3 is 19.0 Å². The standard InChI is InChI=1S/C32H38FN3O4/c1-6-8-9-30(38)35(4)28-11-10-20-18(3)26(33)14-27-22(20)12-23(28)24-15-36-29(31(24)34-27)13-21(19(7-2)16-37)25(17-40-5)32(36)39/h13-14,16,19,28H,6-12,15,17H2,1-5H3. The Labute approximate surface area is 234 Å². The Kier molecular flexibility index (Phi) is 7.91. The number of hydrogen-bond acceptors (Lipinski definition) is 5. The van der Waals surface area contributed by atoms with Crippen molar-refractivity contribution in [3.8, 4) is 0 Å². The second kappa shape index (κ2) is 11.2. The lowest BCUT2D eigenvalue weighted by atomic mass is 9.91. The summed E-state index contributed by atoms with van der Waals surface area (Å²) in [5, 5.41) is 0. The van der Waals surface area contributed by atoms with E-state index in [4.69, 9.17) is 9.73 Å². The SMILES string of the molecule is CCCCC(=O)N(C)C1CCc2c(C)c(F)cc3c2CC1=C1Cn2c(cc(C(C=O)CC)c(COC)c2=O)C1=N3. The van der Waals surface area contributed by atoms with E-state index in [1.807, 2.05) is 31.9 Å². The van der Waals surface area contributed by atoms with E-state index in [1.54, 1.807) is 4.57 Å². The molecule has 1 aliphatic carbocycles. The number of benzene rings is 1. The minimum absolute atomic E-state index is 0.0888. The number of likely N-dealkylation sites (N-methyl/N-ethyl adjacent to an activating group) is 1. The number of carbonyl (C=O) groups excluding carboxylic acids is 2. The van der Waals surface area contributed by atoms with Crippen LogP contribution in [0.2, 0.25) is 0 Å². The number of allylic oxidation sites excluding steroid dienone is 1. The molecule has 0 fully saturated rings. The summed E-state index contributed by atoms with van der Waals surface area (Å²) in [6, 6.07) is 3.21. The number of nitrogens with zero attached hydrogens (tertiary/aromatic N) is 3. The third-order valence-electron chi connectivity index (χ3n) is 8.98. The lowest BCUT2D eigenvalue weighted by molar-refractivity contribution is -0.131. The smallest absolute Gasteiger partial charge is 0.257 e. The first-order chi connectivity index (χ1) is 19.2. The Morgan fingerprint density at radius 3 is 2.75 bits per heavy atom. The number of unbranched alkanes of at least 4 members (excludes halogenated alkanes) is 1. The maximum atomic E-state index is 15.2. The highest BCUT2D eigenvalue weighted by molar-refractivity contribution is 6.16. The van der Waals surface area contributed by atoms with Gasteiger partial charge >= 0.3 is 0 Å². The van der Waals surface area contributed by atoms with Crippen molar-refractivity contribution in [3.63, 3.8) is 0 Å². The number of hydrogen-bond donors (Lipinski definition) is 0. The topological polar surface area (TPSA) is 81.0 Å². The van der Waals surface area contributed by atoms with Gasteiger partial charge in [0.15, 0.2) is 0 Å². The number of methoxy groups -OCH3 is 1. The lowest BCUT2D eigenvalue weighted by Crippen LogP contribution is -2.39. The minimum Gasteiger partial charge on any atom is -0.380 e. The number of ether oxygens (including phenoxy) is 1. The van der Waals surface area contributed by atoms with Gasteiger partial charge in [0.2, 0.25) is 5.91 Å². The van der Waals surface area contributed by atoms with Crippen LogP contribution in [0.1, 0.15) is 85.4 Å². The highest BCUT2D eigenvalue weighted by Crippen LogP contribution is 2.42. The van der Waals surface area contributed by atoms with Crippen LogP contribution in [0.25, 0.3) is 0 Å². The van der Waals surface area contributed by atoms with E-state index < -0.39 is 5.92 Å². The first-order valence-electron chi connectivity index (χ1n) is 14.3. The lowest BCUT2D eigenvalue weighted by Gasteiger charge is -2.30. The van der Waals surface area contributed by atoms with Gasteiger partial charge in [-0.15, -0.1) is 0 Å². The zero-order valence-corrected chi connectivity index (χ0v) is 24.1. The van der Waals surface area contributed by atoms with Crippen molar-refractivity contribution < 1.29 is 18.7 Å². The average Bonchev–Trinajstić information content (AvgIpc) is 3.08. The molecule has 2 atom stereocenters. The predicted molar refractivity (Wildman–Crippen MR) is 153 cm³/mol. The maximum Gasteiger partial charge on any atom is 0.257 e. The molecule has 3 aliphatic rings. The molecule has 1 amide bonds. The normalized spacial score (nSPS) is 17.9. The third kappa shape index (κ3) is 4.56. The van der Waals surface area contributed by atoms with Crippen LogP contribution in [-0.4, -0.2) is 47.6 Å². The summed E-state index contributed by atoms with van der Waals surface area (Å²) in [4.78, 5) is 46.0. The molecule has 7 nitrogen and oxygen atoms in total. The molecule has 2 unspecified atom stereocenters. The molecule has 0 spiro atoms. The molecular formula is C32H38FN3O4. The van der Waals surface area contributed by atoms with Gasteiger partial charge in [0.1, 0.15) is 12.1 Å². The molecule has 2 bridgehead atoms. The zero-order valence-electron chi connectivity index (χ0n) is 24.1. The highest BCUT2D eigenvalue weighted by atomic mass is 19.1. The van der Waals surface area contributed by atoms with Gasteiger partial charge in [-0.05, 0) is 72.9 Å². The Bertz CT molecular complexity index is 1500. The summed E-state index contributed by atoms with van der Waals surface area (Å²) in [5.41, 5.74) is 7.34. The zero-order chi connectivity index (χ0) is 28.7. The van der Waals surface area contributed by atoms with E-state index in [2.05, 4.69) is 6.92 Å². The number of carbonyl (C=O) groups is 2. The number of pyridine rings is 1. The van der Waals surface area contributed by atoms with Crippen molar-refractivity contribution in [1.82, 2.24) is 9.47 Å². The van der Waals surface area contributed by atoms with Crippen molar-refractivity contribution >= 4 is 23.6 Å². The second-order valence-electron chi connectivity index (χ2n) is 11.2. The van der Waals surface area contributed by atoms with Crippen LogP contribution in [0.5, 0.6) is 0 Å². The van der Waals surface area contributed by atoms with Gasteiger partial charge in [-0.3, -0.25) is 9.59 Å². The monoisotopic (exact) mass is 547 g/mol. The van der Waals surface area contributed by atoms with Gasteiger partial charge in [-0.25, -0.2) is 9.38 Å². The van der Waals surface area contributed by atoms with Crippen LogP contribution >= 0.6 is 0 Å². The Morgan fingerprint density at radius 2 is 2.08 bits per heavy atom. The highest BCUT2D eigenvalue weighted by Gasteiger charge is 2.38. The molecule has 8 heteroatoms. The molecule has 0 saturated heterocycles. The molecule has 2 aromatic rings. The van der Waals surface area contributed by atoms with E-state index in [-0.39, 0.29) is 29.9 Å². The summed E-state index contributed by atoms with van der Waals surface area (Å²) < 4.78 is 22.3. The molecule has 2 aliphatic heterocycles. The average molecular weight is 548 g/mol. The molecule has 3 heterocycles. The molecule has 0 radical (unpaired) electrons. The van der Waals surface area contributed by atoms with Gasteiger partial charge in [-0.2, -0.15) is 0 Å². The molecular weight excluding hydrogens is 509 g/mol. The third-order valence-corrected chi connectivity index (χ3v) is 8.98. The Morgan fingerprint density at radius 1 is 1.30 bits per heavy atom. The molecule has 5 rings (SSSR count). The van der Waals surface area contributed by atoms with Crippen molar-refractivity contribution in [2.75, 3.05) is 14.2 Å². The van der Waals surface area contributed by atoms with Crippen LogP contribution in [-0.2, 0) is 40.3 Å². The van der Waals surface area contributed by atoms with E-state index in [1.165, 1.54) is 13.2 Å². The second-order valence-corrected chi connectivity index (χ2v) is 11.2. The van der Waals surface area contributed by atoms with Crippen molar-refractivity contribution in [3.05, 3.63) is 73.0 Å². The van der Waals surface area contributed by atoms with Crippen LogP contribution in [0.15, 0.2) is 33.1 Å². The number of rotatable bonds is 9. The Balaban J connectivity index is 1.77. The first-order valence-corrected chi connectivity index (χ1v) is 14.3. The first kappa shape index (κ1) is 28.1. The number of aliphatic imine (C=N–C) groups is 1. The summed E-state index contributed by atoms with van der Waals surface area (Å²) in [6.45, 7) is 6.22. The number of amides is 1. The van der Waals surface area contributed by atoms with Crippen molar-refractivity contribution in [2.24, 2.45) is 4.99 Å². The quantitative estimate of drug-likeness (QED) is 0.410.